The molecule has 0 amide bonds. The summed E-state index contributed by atoms with van der Waals surface area (Å²) in [6.45, 7) is 0.355. The highest BCUT2D eigenvalue weighted by atomic mass is 35.5. The van der Waals surface area contributed by atoms with Crippen molar-refractivity contribution in [3.05, 3.63) is 40.9 Å². The summed E-state index contributed by atoms with van der Waals surface area (Å²) in [5, 5.41) is 9.24. The maximum atomic E-state index is 10.9. The Bertz CT molecular complexity index is 678. The Morgan fingerprint density at radius 2 is 2.09 bits per heavy atom. The first-order valence-corrected chi connectivity index (χ1v) is 8.27. The minimum absolute atomic E-state index is 0.213. The van der Waals surface area contributed by atoms with Crippen molar-refractivity contribution in [1.82, 2.24) is 14.8 Å². The number of carbonyl (C=O) groups is 1. The van der Waals surface area contributed by atoms with E-state index in [0.29, 0.717) is 23.3 Å². The number of aromatic nitrogens is 3. The molecule has 1 aliphatic rings. The highest BCUT2D eigenvalue weighted by molar-refractivity contribution is 6.30. The van der Waals surface area contributed by atoms with Gasteiger partial charge in [0, 0.05) is 23.9 Å². The Labute approximate surface area is 140 Å². The van der Waals surface area contributed by atoms with Crippen molar-refractivity contribution in [3.63, 3.8) is 0 Å². The number of hydrogen-bond acceptors (Lipinski definition) is 4. The molecule has 0 N–H and O–H groups in total. The van der Waals surface area contributed by atoms with Gasteiger partial charge in [0.25, 0.3) is 0 Å². The van der Waals surface area contributed by atoms with Gasteiger partial charge in [-0.05, 0) is 43.9 Å². The number of halogens is 1. The van der Waals surface area contributed by atoms with E-state index in [4.69, 9.17) is 16.3 Å². The van der Waals surface area contributed by atoms with Crippen LogP contribution in [-0.2, 0) is 18.4 Å². The second kappa shape index (κ2) is 7.13. The van der Waals surface area contributed by atoms with Gasteiger partial charge in [-0.3, -0.25) is 0 Å². The molecule has 6 heteroatoms. The quantitative estimate of drug-likeness (QED) is 0.785. The second-order valence-electron chi connectivity index (χ2n) is 6.03. The van der Waals surface area contributed by atoms with E-state index in [1.165, 1.54) is 0 Å². The molecule has 1 heterocycles. The molecule has 0 atom stereocenters. The molecule has 5 nitrogen and oxygen atoms in total. The van der Waals surface area contributed by atoms with Crippen molar-refractivity contribution in [2.75, 3.05) is 0 Å². The van der Waals surface area contributed by atoms with Crippen LogP contribution in [0.25, 0.3) is 0 Å². The number of benzene rings is 1. The molecule has 0 bridgehead atoms. The van der Waals surface area contributed by atoms with Gasteiger partial charge in [0.2, 0.25) is 0 Å². The fraction of sp³-hybridized carbons (Fsp3) is 0.471. The van der Waals surface area contributed by atoms with Gasteiger partial charge < -0.3 is 14.1 Å². The average molecular weight is 334 g/mol. The van der Waals surface area contributed by atoms with E-state index in [2.05, 4.69) is 10.2 Å². The van der Waals surface area contributed by atoms with Crippen LogP contribution in [0.15, 0.2) is 24.3 Å². The molecule has 0 unspecified atom stereocenters. The SMILES string of the molecule is Cn1c(COc2cccc(Cl)c2)nnc1[C@H]1CC[C@H](C=O)CC1. The zero-order chi connectivity index (χ0) is 16.2. The van der Waals surface area contributed by atoms with Gasteiger partial charge in [0.05, 0.1) is 0 Å². The van der Waals surface area contributed by atoms with Crippen LogP contribution in [0.5, 0.6) is 5.75 Å². The Morgan fingerprint density at radius 1 is 1.30 bits per heavy atom. The van der Waals surface area contributed by atoms with E-state index < -0.39 is 0 Å². The molecule has 23 heavy (non-hydrogen) atoms. The molecule has 1 fully saturated rings. The Morgan fingerprint density at radius 3 is 2.78 bits per heavy atom. The molecular formula is C17H20ClN3O2. The smallest absolute Gasteiger partial charge is 0.170 e. The van der Waals surface area contributed by atoms with Crippen molar-refractivity contribution in [2.24, 2.45) is 13.0 Å². The predicted molar refractivity (Wildman–Crippen MR) is 87.6 cm³/mol. The lowest BCUT2D eigenvalue weighted by atomic mass is 9.82. The zero-order valence-corrected chi connectivity index (χ0v) is 13.9. The molecule has 1 saturated carbocycles. The lowest BCUT2D eigenvalue weighted by Gasteiger charge is -2.24. The topological polar surface area (TPSA) is 57.0 Å². The van der Waals surface area contributed by atoms with Gasteiger partial charge in [-0.15, -0.1) is 10.2 Å². The van der Waals surface area contributed by atoms with Gasteiger partial charge >= 0.3 is 0 Å². The van der Waals surface area contributed by atoms with Crippen molar-refractivity contribution in [2.45, 2.75) is 38.2 Å². The number of nitrogens with zero attached hydrogens (tertiary/aromatic N) is 3. The van der Waals surface area contributed by atoms with Gasteiger partial charge in [0.15, 0.2) is 5.82 Å². The minimum atomic E-state index is 0.213. The summed E-state index contributed by atoms with van der Waals surface area (Å²) >= 11 is 5.95. The lowest BCUT2D eigenvalue weighted by Crippen LogP contribution is -2.17. The van der Waals surface area contributed by atoms with E-state index in [1.54, 1.807) is 6.07 Å². The zero-order valence-electron chi connectivity index (χ0n) is 13.1. The molecule has 122 valence electrons. The highest BCUT2D eigenvalue weighted by Crippen LogP contribution is 2.34. The fourth-order valence-electron chi connectivity index (χ4n) is 3.07. The third-order valence-corrected chi connectivity index (χ3v) is 4.73. The fourth-order valence-corrected chi connectivity index (χ4v) is 3.25. The molecular weight excluding hydrogens is 314 g/mol. The van der Waals surface area contributed by atoms with Crippen molar-refractivity contribution < 1.29 is 9.53 Å². The first kappa shape index (κ1) is 16.0. The molecule has 0 spiro atoms. The van der Waals surface area contributed by atoms with Gasteiger partial charge in [-0.25, -0.2) is 0 Å². The van der Waals surface area contributed by atoms with E-state index in [-0.39, 0.29) is 5.92 Å². The minimum Gasteiger partial charge on any atom is -0.486 e. The normalized spacial score (nSPS) is 21.1. The lowest BCUT2D eigenvalue weighted by molar-refractivity contribution is -0.111. The van der Waals surface area contributed by atoms with Crippen molar-refractivity contribution in [1.29, 1.82) is 0 Å². The van der Waals surface area contributed by atoms with Crippen LogP contribution in [0, 0.1) is 5.92 Å². The number of carbonyl (C=O) groups excluding carboxylic acids is 1. The molecule has 3 rings (SSSR count). The molecule has 1 aliphatic carbocycles. The maximum absolute atomic E-state index is 10.9. The summed E-state index contributed by atoms with van der Waals surface area (Å²) in [5.74, 6) is 3.08. The Hall–Kier alpha value is -1.88. The molecule has 1 aromatic heterocycles. The molecule has 1 aromatic carbocycles. The van der Waals surface area contributed by atoms with E-state index in [1.807, 2.05) is 29.8 Å². The van der Waals surface area contributed by atoms with Crippen LogP contribution in [0.1, 0.15) is 43.3 Å². The number of aldehydes is 1. The maximum Gasteiger partial charge on any atom is 0.170 e. The van der Waals surface area contributed by atoms with Crippen LogP contribution < -0.4 is 4.74 Å². The van der Waals surface area contributed by atoms with Gasteiger partial charge in [0.1, 0.15) is 24.5 Å². The molecule has 0 aliphatic heterocycles. The van der Waals surface area contributed by atoms with Crippen LogP contribution in [0.2, 0.25) is 5.02 Å². The van der Waals surface area contributed by atoms with Crippen LogP contribution in [-0.4, -0.2) is 21.1 Å². The predicted octanol–water partition coefficient (Wildman–Crippen LogP) is 3.52. The van der Waals surface area contributed by atoms with Crippen LogP contribution >= 0.6 is 11.6 Å². The largest absolute Gasteiger partial charge is 0.486 e. The van der Waals surface area contributed by atoms with Crippen LogP contribution in [0.4, 0.5) is 0 Å². The Kier molecular flexibility index (Phi) is 4.96. The second-order valence-corrected chi connectivity index (χ2v) is 6.46. The van der Waals surface area contributed by atoms with Crippen LogP contribution in [0.3, 0.4) is 0 Å². The monoisotopic (exact) mass is 333 g/mol. The van der Waals surface area contributed by atoms with Gasteiger partial charge in [-0.1, -0.05) is 17.7 Å². The average Bonchev–Trinajstić information content (AvgIpc) is 2.94. The summed E-state index contributed by atoms with van der Waals surface area (Å²) in [6, 6.07) is 7.30. The molecule has 0 saturated heterocycles. The first-order chi connectivity index (χ1) is 11.2. The third kappa shape index (κ3) is 3.72. The number of hydrogen-bond donors (Lipinski definition) is 0. The number of rotatable bonds is 5. The summed E-state index contributed by atoms with van der Waals surface area (Å²) in [6.07, 6.45) is 4.94. The first-order valence-electron chi connectivity index (χ1n) is 7.89. The van der Waals surface area contributed by atoms with E-state index in [9.17, 15) is 4.79 Å². The summed E-state index contributed by atoms with van der Waals surface area (Å²) in [5.41, 5.74) is 0. The van der Waals surface area contributed by atoms with Crippen molar-refractivity contribution in [3.8, 4) is 5.75 Å². The van der Waals surface area contributed by atoms with E-state index in [0.717, 1.165) is 43.6 Å². The summed E-state index contributed by atoms with van der Waals surface area (Å²) in [4.78, 5) is 10.9. The summed E-state index contributed by atoms with van der Waals surface area (Å²) in [7, 11) is 1.97. The van der Waals surface area contributed by atoms with Gasteiger partial charge in [-0.2, -0.15) is 0 Å². The highest BCUT2D eigenvalue weighted by Gasteiger charge is 2.26. The molecule has 2 aromatic rings. The van der Waals surface area contributed by atoms with Crippen molar-refractivity contribution >= 4 is 17.9 Å². The standard InChI is InChI=1S/C17H20ClN3O2/c1-21-16(11-23-15-4-2-3-14(18)9-15)19-20-17(21)13-7-5-12(10-22)6-8-13/h2-4,9-10,12-13H,5-8,11H2,1H3/t12-,13-. The molecule has 0 radical (unpaired) electrons. The Balaban J connectivity index is 1.64. The number of ether oxygens (including phenoxy) is 1. The summed E-state index contributed by atoms with van der Waals surface area (Å²) < 4.78 is 7.75. The third-order valence-electron chi connectivity index (χ3n) is 4.49. The van der Waals surface area contributed by atoms with E-state index >= 15 is 0 Å².